The third-order valence-electron chi connectivity index (χ3n) is 11.8. The minimum atomic E-state index is -1.04. The number of H-pyrrole nitrogens is 1. The summed E-state index contributed by atoms with van der Waals surface area (Å²) >= 11 is 0. The largest absolute Gasteiger partial charge is 0.469 e. The van der Waals surface area contributed by atoms with Gasteiger partial charge in [-0.3, -0.25) is 9.59 Å². The fraction of sp³-hybridized carbons (Fsp3) is 0.364. The van der Waals surface area contributed by atoms with Gasteiger partial charge in [-0.25, -0.2) is 9.97 Å². The van der Waals surface area contributed by atoms with Crippen molar-refractivity contribution in [2.75, 3.05) is 11.9 Å². The summed E-state index contributed by atoms with van der Waals surface area (Å²) in [5.41, 5.74) is 6.83. The molecule has 6 aromatic rings. The first-order chi connectivity index (χ1) is 27.2. The summed E-state index contributed by atoms with van der Waals surface area (Å²) in [5, 5.41) is 11.1. The molecule has 10 rings (SSSR count). The summed E-state index contributed by atoms with van der Waals surface area (Å²) in [4.78, 5) is 41.8. The molecule has 12 nitrogen and oxygen atoms in total. The lowest BCUT2D eigenvalue weighted by atomic mass is 9.72. The number of carbonyl (C=O) groups is 2. The summed E-state index contributed by atoms with van der Waals surface area (Å²) in [6.07, 6.45) is 4.37. The molecule has 0 radical (unpaired) electrons. The highest BCUT2D eigenvalue weighted by Crippen LogP contribution is 2.61. The van der Waals surface area contributed by atoms with Crippen LogP contribution >= 0.6 is 0 Å². The molecule has 4 aliphatic heterocycles. The Balaban J connectivity index is 1.21. The molecular weight excluding hydrogens is 709 g/mol. The first kappa shape index (κ1) is 34.6. The molecule has 10 bridgehead atoms. The number of ether oxygens (including phenoxy) is 2. The van der Waals surface area contributed by atoms with Gasteiger partial charge in [0, 0.05) is 58.1 Å². The van der Waals surface area contributed by atoms with Crippen molar-refractivity contribution < 1.29 is 27.9 Å². The van der Waals surface area contributed by atoms with Gasteiger partial charge >= 0.3 is 0 Å². The molecule has 0 saturated heterocycles. The van der Waals surface area contributed by atoms with Crippen LogP contribution in [0.25, 0.3) is 44.9 Å². The molecule has 5 atom stereocenters. The lowest BCUT2D eigenvalue weighted by Gasteiger charge is -2.29. The van der Waals surface area contributed by atoms with Crippen molar-refractivity contribution in [3.8, 4) is 39.8 Å². The highest BCUT2D eigenvalue weighted by atomic mass is 16.5. The molecule has 286 valence electrons. The molecule has 56 heavy (non-hydrogen) atoms. The number of para-hydroxylation sites is 1. The zero-order chi connectivity index (χ0) is 38.5. The van der Waals surface area contributed by atoms with Gasteiger partial charge in [0.15, 0.2) is 23.4 Å². The Kier molecular flexibility index (Phi) is 7.93. The molecule has 0 aliphatic carbocycles. The second kappa shape index (κ2) is 12.8. The van der Waals surface area contributed by atoms with E-state index in [1.165, 1.54) is 0 Å². The first-order valence-corrected chi connectivity index (χ1v) is 19.7. The molecule has 0 fully saturated rings. The second-order valence-electron chi connectivity index (χ2n) is 16.1. The maximum atomic E-state index is 14.4. The fourth-order valence-corrected chi connectivity index (χ4v) is 9.04. The predicted octanol–water partition coefficient (Wildman–Crippen LogP) is 7.63. The third kappa shape index (κ3) is 5.00. The summed E-state index contributed by atoms with van der Waals surface area (Å²) in [5.74, 6) is 1.44. The summed E-state index contributed by atoms with van der Waals surface area (Å²) in [6.45, 7) is 10.5. The molecule has 3 aromatic heterocycles. The van der Waals surface area contributed by atoms with Crippen LogP contribution in [0.15, 0.2) is 75.8 Å². The van der Waals surface area contributed by atoms with E-state index in [4.69, 9.17) is 28.3 Å². The van der Waals surface area contributed by atoms with Crippen molar-refractivity contribution in [3.63, 3.8) is 0 Å². The maximum Gasteiger partial charge on any atom is 0.250 e. The van der Waals surface area contributed by atoms with Crippen LogP contribution in [0.4, 0.5) is 5.69 Å². The van der Waals surface area contributed by atoms with E-state index in [1.807, 2.05) is 52.1 Å². The molecule has 0 saturated carbocycles. The Morgan fingerprint density at radius 2 is 1.86 bits per heavy atom. The number of unbranched alkanes of at least 4 members (excludes halogenated alkanes) is 1. The normalized spacial score (nSPS) is 21.8. The zero-order valence-corrected chi connectivity index (χ0v) is 32.0. The van der Waals surface area contributed by atoms with Crippen LogP contribution in [0.5, 0.6) is 5.75 Å². The number of aromatic nitrogens is 3. The lowest BCUT2D eigenvalue weighted by Crippen LogP contribution is -2.53. The molecule has 3 unspecified atom stereocenters. The number of amides is 2. The number of anilines is 1. The monoisotopic (exact) mass is 752 g/mol. The van der Waals surface area contributed by atoms with Gasteiger partial charge in [-0.2, -0.15) is 0 Å². The Morgan fingerprint density at radius 3 is 2.68 bits per heavy atom. The molecule has 1 spiro atoms. The van der Waals surface area contributed by atoms with Gasteiger partial charge in [0.1, 0.15) is 29.4 Å². The standard InChI is InChI=1S/C44H44N6O6/c1-6-7-16-53-37(22(4)5)40(52)47-30-18-23-14-15-31-28(17-23)44-27-12-8-11-25(35(27)50-43(44)55-31)24-10-9-13-29-33(24)26(19-45-29)32-20-46-41(54-32)36-38(44)56-42(49-36)34(21(2)3)48-39(30)51/h8-15,17,19-22,30,34,37,43,45,50H,6-7,16,18H2,1-5H3,(H,47,52)(H,48,51)/t30-,34?,37-,43?,44?/m0/s1. The van der Waals surface area contributed by atoms with Gasteiger partial charge in [0.2, 0.25) is 23.6 Å². The molecule has 12 heteroatoms. The Hall–Kier alpha value is -5.88. The summed E-state index contributed by atoms with van der Waals surface area (Å²) < 4.78 is 26.6. The van der Waals surface area contributed by atoms with Crippen molar-refractivity contribution in [1.29, 1.82) is 0 Å². The Bertz CT molecular complexity index is 2550. The highest BCUT2D eigenvalue weighted by molar-refractivity contribution is 6.07. The predicted molar refractivity (Wildman–Crippen MR) is 210 cm³/mol. The van der Waals surface area contributed by atoms with Crippen molar-refractivity contribution in [3.05, 3.63) is 95.3 Å². The number of hydrogen-bond donors (Lipinski definition) is 4. The van der Waals surface area contributed by atoms with Crippen LogP contribution in [0, 0.1) is 11.8 Å². The number of nitrogens with zero attached hydrogens (tertiary/aromatic N) is 2. The van der Waals surface area contributed by atoms with Gasteiger partial charge in [-0.1, -0.05) is 83.5 Å². The van der Waals surface area contributed by atoms with Crippen LogP contribution in [0.2, 0.25) is 0 Å². The number of aromatic amines is 1. The first-order valence-electron chi connectivity index (χ1n) is 19.7. The second-order valence-corrected chi connectivity index (χ2v) is 16.1. The number of fused-ring (bicyclic) bond motifs is 7. The number of nitrogens with one attached hydrogen (secondary N) is 4. The summed E-state index contributed by atoms with van der Waals surface area (Å²) in [6, 6.07) is 17.0. The smallest absolute Gasteiger partial charge is 0.250 e. The molecule has 2 amide bonds. The van der Waals surface area contributed by atoms with Crippen LogP contribution in [0.3, 0.4) is 0 Å². The van der Waals surface area contributed by atoms with Crippen LogP contribution in [-0.4, -0.2) is 51.7 Å². The average molecular weight is 753 g/mol. The minimum Gasteiger partial charge on any atom is -0.469 e. The van der Waals surface area contributed by atoms with Gasteiger partial charge < -0.3 is 39.2 Å². The van der Waals surface area contributed by atoms with E-state index in [1.54, 1.807) is 6.20 Å². The Labute approximate surface area is 323 Å². The highest BCUT2D eigenvalue weighted by Gasteiger charge is 2.61. The minimum absolute atomic E-state index is 0.0929. The fourth-order valence-electron chi connectivity index (χ4n) is 9.04. The van der Waals surface area contributed by atoms with E-state index in [0.717, 1.165) is 62.8 Å². The molecular formula is C44H44N6O6. The van der Waals surface area contributed by atoms with E-state index in [0.29, 0.717) is 35.5 Å². The number of rotatable bonds is 8. The average Bonchev–Trinajstić information content (AvgIpc) is 4.01. The molecule has 4 N–H and O–H groups in total. The van der Waals surface area contributed by atoms with Crippen molar-refractivity contribution >= 4 is 28.4 Å². The maximum absolute atomic E-state index is 14.4. The van der Waals surface area contributed by atoms with Crippen LogP contribution < -0.4 is 20.7 Å². The van der Waals surface area contributed by atoms with Crippen LogP contribution in [0.1, 0.15) is 81.8 Å². The van der Waals surface area contributed by atoms with Gasteiger partial charge in [0.05, 0.1) is 6.20 Å². The number of carbonyl (C=O) groups excluding carboxylic acids is 2. The van der Waals surface area contributed by atoms with Gasteiger partial charge in [-0.15, -0.1) is 0 Å². The quantitative estimate of drug-likeness (QED) is 0.115. The van der Waals surface area contributed by atoms with E-state index in [9.17, 15) is 9.59 Å². The van der Waals surface area contributed by atoms with Crippen molar-refractivity contribution in [1.82, 2.24) is 25.6 Å². The van der Waals surface area contributed by atoms with Crippen LogP contribution in [-0.2, 0) is 26.2 Å². The van der Waals surface area contributed by atoms with Gasteiger partial charge in [0.25, 0.3) is 0 Å². The number of hydrogen-bond acceptors (Lipinski definition) is 9. The van der Waals surface area contributed by atoms with E-state index >= 15 is 0 Å². The third-order valence-corrected chi connectivity index (χ3v) is 11.8. The SMILES string of the molecule is CCCCO[C@H](C(=O)N[C@H]1Cc2ccc3c(c2)C24c5cccc(c5NC2O3)-c2cccc3[nH]cc(c23)-c2cnc(o2)-c2nc(oc24)C(C(C)C)NC1=O)C(C)C. The van der Waals surface area contributed by atoms with E-state index < -0.39 is 29.8 Å². The lowest BCUT2D eigenvalue weighted by molar-refractivity contribution is -0.139. The number of benzene rings is 3. The van der Waals surface area contributed by atoms with E-state index in [-0.39, 0.29) is 36.0 Å². The Morgan fingerprint density at radius 1 is 1.02 bits per heavy atom. The molecule has 4 aliphatic rings. The topological polar surface area (TPSA) is 157 Å². The van der Waals surface area contributed by atoms with Crippen molar-refractivity contribution in [2.24, 2.45) is 11.8 Å². The molecule has 7 heterocycles. The van der Waals surface area contributed by atoms with Crippen molar-refractivity contribution in [2.45, 2.75) is 83.7 Å². The van der Waals surface area contributed by atoms with E-state index in [2.05, 4.69) is 64.3 Å². The van der Waals surface area contributed by atoms with Gasteiger partial charge in [-0.05, 0) is 41.5 Å². The zero-order valence-electron chi connectivity index (χ0n) is 32.0. The number of oxazole rings is 2. The summed E-state index contributed by atoms with van der Waals surface area (Å²) in [7, 11) is 0. The molecule has 3 aromatic carbocycles.